The van der Waals surface area contributed by atoms with Crippen molar-refractivity contribution in [1.29, 1.82) is 0 Å². The number of nitrogens with zero attached hydrogens (tertiary/aromatic N) is 1. The van der Waals surface area contributed by atoms with E-state index in [4.69, 9.17) is 0 Å². The maximum atomic E-state index is 13.2. The predicted molar refractivity (Wildman–Crippen MR) is 81.3 cm³/mol. The quantitative estimate of drug-likeness (QED) is 0.688. The number of halogens is 1. The molecule has 1 N–H and O–H groups in total. The second-order valence-electron chi connectivity index (χ2n) is 6.37. The van der Waals surface area contributed by atoms with Crippen LogP contribution in [0, 0.1) is 11.7 Å². The maximum absolute atomic E-state index is 13.2. The summed E-state index contributed by atoms with van der Waals surface area (Å²) in [4.78, 5) is 38.2. The van der Waals surface area contributed by atoms with Gasteiger partial charge in [-0.1, -0.05) is 31.9 Å². The van der Waals surface area contributed by atoms with E-state index in [0.29, 0.717) is 6.42 Å². The normalized spacial score (nSPS) is 27.4. The van der Waals surface area contributed by atoms with E-state index in [1.54, 1.807) is 0 Å². The Morgan fingerprint density at radius 2 is 2.17 bits per heavy atom. The fraction of sp³-hybridized carbons (Fsp3) is 0.471. The minimum absolute atomic E-state index is 0.0435. The van der Waals surface area contributed by atoms with Crippen molar-refractivity contribution in [2.45, 2.75) is 38.1 Å². The van der Waals surface area contributed by atoms with Crippen LogP contribution < -0.4 is 5.32 Å². The number of urea groups is 1. The molecule has 1 aliphatic carbocycles. The first-order valence-electron chi connectivity index (χ1n) is 7.87. The minimum atomic E-state index is -0.877. The Morgan fingerprint density at radius 1 is 1.39 bits per heavy atom. The standard InChI is InChI=1S/C17H19FN2O3/c1-11-5-2-3-8-17(11)15(22)20(16(23)19-17)10-14(21)12-6-4-7-13(18)9-12/h4,6-7,9,11H,2-3,5,8,10H2,1H3,(H,19,23)/t11-,17+/m0/s1. The summed E-state index contributed by atoms with van der Waals surface area (Å²) in [6, 6.07) is 4.72. The molecule has 1 spiro atoms. The number of benzene rings is 1. The van der Waals surface area contributed by atoms with E-state index in [-0.39, 0.29) is 23.9 Å². The molecule has 1 aliphatic heterocycles. The van der Waals surface area contributed by atoms with E-state index in [2.05, 4.69) is 5.32 Å². The monoisotopic (exact) mass is 318 g/mol. The van der Waals surface area contributed by atoms with E-state index < -0.39 is 23.2 Å². The SMILES string of the molecule is C[C@H]1CCCC[C@@]12NC(=O)N(CC(=O)c1cccc(F)c1)C2=O. The molecule has 2 aliphatic rings. The highest BCUT2D eigenvalue weighted by Gasteiger charge is 2.55. The molecule has 23 heavy (non-hydrogen) atoms. The lowest BCUT2D eigenvalue weighted by Gasteiger charge is -2.36. The van der Waals surface area contributed by atoms with Crippen LogP contribution in [0.4, 0.5) is 9.18 Å². The summed E-state index contributed by atoms with van der Waals surface area (Å²) in [5.74, 6) is -1.26. The molecule has 3 amide bonds. The van der Waals surface area contributed by atoms with Crippen molar-refractivity contribution in [3.63, 3.8) is 0 Å². The van der Waals surface area contributed by atoms with Crippen LogP contribution in [0.1, 0.15) is 43.0 Å². The Balaban J connectivity index is 1.79. The van der Waals surface area contributed by atoms with Gasteiger partial charge in [0.15, 0.2) is 5.78 Å². The number of carbonyl (C=O) groups excluding carboxylic acids is 3. The maximum Gasteiger partial charge on any atom is 0.325 e. The largest absolute Gasteiger partial charge is 0.325 e. The Kier molecular flexibility index (Phi) is 3.92. The van der Waals surface area contributed by atoms with Crippen LogP contribution in [0.15, 0.2) is 24.3 Å². The molecule has 0 radical (unpaired) electrons. The van der Waals surface area contributed by atoms with Gasteiger partial charge < -0.3 is 5.32 Å². The van der Waals surface area contributed by atoms with Crippen LogP contribution in [-0.2, 0) is 4.79 Å². The summed E-state index contributed by atoms with van der Waals surface area (Å²) in [6.07, 6.45) is 3.39. The molecule has 2 fully saturated rings. The molecule has 1 saturated heterocycles. The average molecular weight is 318 g/mol. The Hall–Kier alpha value is -2.24. The lowest BCUT2D eigenvalue weighted by Crippen LogP contribution is -2.54. The second-order valence-corrected chi connectivity index (χ2v) is 6.37. The summed E-state index contributed by atoms with van der Waals surface area (Å²) in [5.41, 5.74) is -0.722. The lowest BCUT2D eigenvalue weighted by molar-refractivity contribution is -0.133. The molecule has 6 heteroatoms. The van der Waals surface area contributed by atoms with Gasteiger partial charge in [0.25, 0.3) is 5.91 Å². The van der Waals surface area contributed by atoms with Crippen molar-refractivity contribution in [1.82, 2.24) is 10.2 Å². The number of amides is 3. The zero-order chi connectivity index (χ0) is 16.6. The van der Waals surface area contributed by atoms with E-state index >= 15 is 0 Å². The van der Waals surface area contributed by atoms with Crippen LogP contribution in [-0.4, -0.2) is 34.7 Å². The molecule has 1 heterocycles. The number of rotatable bonds is 3. The third kappa shape index (κ3) is 2.62. The van der Waals surface area contributed by atoms with E-state index in [9.17, 15) is 18.8 Å². The molecule has 1 saturated carbocycles. The van der Waals surface area contributed by atoms with Crippen LogP contribution in [0.3, 0.4) is 0 Å². The topological polar surface area (TPSA) is 66.5 Å². The summed E-state index contributed by atoms with van der Waals surface area (Å²) >= 11 is 0. The summed E-state index contributed by atoms with van der Waals surface area (Å²) in [7, 11) is 0. The van der Waals surface area contributed by atoms with Gasteiger partial charge in [0, 0.05) is 5.56 Å². The zero-order valence-electron chi connectivity index (χ0n) is 13.0. The number of Topliss-reactive ketones (excluding diaryl/α,β-unsaturated/α-hetero) is 1. The summed E-state index contributed by atoms with van der Waals surface area (Å²) in [6.45, 7) is 1.60. The molecule has 1 aromatic rings. The van der Waals surface area contributed by atoms with Gasteiger partial charge in [-0.25, -0.2) is 9.18 Å². The van der Waals surface area contributed by atoms with Crippen molar-refractivity contribution >= 4 is 17.7 Å². The van der Waals surface area contributed by atoms with Crippen LogP contribution in [0.2, 0.25) is 0 Å². The first-order chi connectivity index (χ1) is 10.9. The van der Waals surface area contributed by atoms with Gasteiger partial charge in [-0.2, -0.15) is 0 Å². The molecule has 2 atom stereocenters. The third-order valence-corrected chi connectivity index (χ3v) is 4.95. The Labute approximate surface area is 133 Å². The third-order valence-electron chi connectivity index (χ3n) is 4.95. The number of ketones is 1. The molecule has 0 aromatic heterocycles. The van der Waals surface area contributed by atoms with Crippen molar-refractivity contribution in [2.24, 2.45) is 5.92 Å². The molecular weight excluding hydrogens is 299 g/mol. The van der Waals surface area contributed by atoms with Gasteiger partial charge in [-0.05, 0) is 30.9 Å². The fourth-order valence-corrected chi connectivity index (χ4v) is 3.54. The Bertz CT molecular complexity index is 676. The van der Waals surface area contributed by atoms with E-state index in [1.807, 2.05) is 6.92 Å². The van der Waals surface area contributed by atoms with Gasteiger partial charge >= 0.3 is 6.03 Å². The average Bonchev–Trinajstić information content (AvgIpc) is 2.75. The highest BCUT2D eigenvalue weighted by Crippen LogP contribution is 2.38. The van der Waals surface area contributed by atoms with Crippen molar-refractivity contribution in [2.75, 3.05) is 6.54 Å². The van der Waals surface area contributed by atoms with Gasteiger partial charge in [-0.15, -0.1) is 0 Å². The zero-order valence-corrected chi connectivity index (χ0v) is 13.0. The van der Waals surface area contributed by atoms with Crippen molar-refractivity contribution in [3.05, 3.63) is 35.6 Å². The second kappa shape index (κ2) is 5.76. The molecule has 0 unspecified atom stereocenters. The smallest absolute Gasteiger partial charge is 0.323 e. The molecule has 0 bridgehead atoms. The molecule has 3 rings (SSSR count). The fourth-order valence-electron chi connectivity index (χ4n) is 3.54. The lowest BCUT2D eigenvalue weighted by atomic mass is 9.73. The summed E-state index contributed by atoms with van der Waals surface area (Å²) < 4.78 is 13.2. The Morgan fingerprint density at radius 3 is 2.87 bits per heavy atom. The number of imide groups is 1. The molecule has 1 aromatic carbocycles. The highest BCUT2D eigenvalue weighted by atomic mass is 19.1. The van der Waals surface area contributed by atoms with Gasteiger partial charge in [0.05, 0.1) is 6.54 Å². The number of nitrogens with one attached hydrogen (secondary N) is 1. The predicted octanol–water partition coefficient (Wildman–Crippen LogP) is 2.51. The highest BCUT2D eigenvalue weighted by molar-refractivity contribution is 6.11. The van der Waals surface area contributed by atoms with Crippen LogP contribution in [0.25, 0.3) is 0 Å². The molecular formula is C17H19FN2O3. The first-order valence-corrected chi connectivity index (χ1v) is 7.87. The van der Waals surface area contributed by atoms with E-state index in [0.717, 1.165) is 30.2 Å². The molecule has 122 valence electrons. The van der Waals surface area contributed by atoms with Gasteiger partial charge in [0.2, 0.25) is 0 Å². The van der Waals surface area contributed by atoms with Gasteiger partial charge in [0.1, 0.15) is 11.4 Å². The van der Waals surface area contributed by atoms with Crippen LogP contribution in [0.5, 0.6) is 0 Å². The van der Waals surface area contributed by atoms with E-state index in [1.165, 1.54) is 18.2 Å². The summed E-state index contributed by atoms with van der Waals surface area (Å²) in [5, 5.41) is 2.80. The molecule has 5 nitrogen and oxygen atoms in total. The number of hydrogen-bond donors (Lipinski definition) is 1. The first kappa shape index (κ1) is 15.6. The van der Waals surface area contributed by atoms with Crippen LogP contribution >= 0.6 is 0 Å². The minimum Gasteiger partial charge on any atom is -0.323 e. The van der Waals surface area contributed by atoms with Crippen molar-refractivity contribution in [3.8, 4) is 0 Å². The number of hydrogen-bond acceptors (Lipinski definition) is 3. The van der Waals surface area contributed by atoms with Gasteiger partial charge in [-0.3, -0.25) is 14.5 Å². The number of carbonyl (C=O) groups is 3. The van der Waals surface area contributed by atoms with Crippen molar-refractivity contribution < 1.29 is 18.8 Å².